The number of aliphatic hydroxyl groups excluding tert-OH is 1. The second-order valence-electron chi connectivity index (χ2n) is 4.31. The number of methoxy groups -OCH3 is 1. The van der Waals surface area contributed by atoms with Crippen LogP contribution in [-0.2, 0) is 10.9 Å². The lowest BCUT2D eigenvalue weighted by atomic mass is 10.1. The molecule has 0 saturated heterocycles. The van der Waals surface area contributed by atoms with Crippen LogP contribution in [-0.4, -0.2) is 36.6 Å². The number of carbonyl (C=O) groups excluding carboxylic acids is 1. The Hall–Kier alpha value is -1.16. The number of thioether (sulfide) groups is 1. The van der Waals surface area contributed by atoms with Gasteiger partial charge in [0.15, 0.2) is 0 Å². The van der Waals surface area contributed by atoms with Gasteiger partial charge in [-0.3, -0.25) is 4.79 Å². The van der Waals surface area contributed by atoms with Crippen LogP contribution in [0.5, 0.6) is 0 Å². The number of carbonyl (C=O) groups is 1. The van der Waals surface area contributed by atoms with E-state index in [1.165, 1.54) is 7.11 Å². The Labute approximate surface area is 133 Å². The van der Waals surface area contributed by atoms with Gasteiger partial charge in [0.1, 0.15) is 0 Å². The molecule has 0 aliphatic carbocycles. The summed E-state index contributed by atoms with van der Waals surface area (Å²) in [6.45, 7) is -0.00778. The van der Waals surface area contributed by atoms with Crippen molar-refractivity contribution < 1.29 is 27.8 Å². The molecule has 1 aromatic carbocycles. The minimum Gasteiger partial charge on any atom is -0.397 e. The molecule has 0 aliphatic heterocycles. The van der Waals surface area contributed by atoms with E-state index in [2.05, 4.69) is 0 Å². The van der Waals surface area contributed by atoms with E-state index in [9.17, 15) is 23.1 Å². The van der Waals surface area contributed by atoms with Gasteiger partial charge in [-0.15, -0.1) is 11.8 Å². The maximum absolute atomic E-state index is 13.0. The van der Waals surface area contributed by atoms with E-state index in [0.717, 1.165) is 11.8 Å². The summed E-state index contributed by atoms with van der Waals surface area (Å²) in [6.07, 6.45) is -5.70. The number of hydrogen-bond acceptors (Lipinski definition) is 5. The smallest absolute Gasteiger partial charge is 0.397 e. The Balaban J connectivity index is 3.29. The van der Waals surface area contributed by atoms with Crippen molar-refractivity contribution in [2.45, 2.75) is 17.2 Å². The number of anilines is 1. The summed E-state index contributed by atoms with van der Waals surface area (Å²) in [5.74, 6) is -1.11. The molecule has 0 heterocycles. The molecule has 0 fully saturated rings. The quantitative estimate of drug-likeness (QED) is 0.534. The van der Waals surface area contributed by atoms with Crippen LogP contribution in [0.15, 0.2) is 11.0 Å². The van der Waals surface area contributed by atoms with Crippen molar-refractivity contribution in [2.24, 2.45) is 5.73 Å². The average Bonchev–Trinajstić information content (AvgIpc) is 2.36. The molecule has 10 heteroatoms. The first kappa shape index (κ1) is 18.9. The number of rotatable bonds is 6. The van der Waals surface area contributed by atoms with Crippen molar-refractivity contribution in [2.75, 3.05) is 25.2 Å². The van der Waals surface area contributed by atoms with Crippen LogP contribution in [0.25, 0.3) is 0 Å². The molecule has 1 amide bonds. The van der Waals surface area contributed by atoms with Crippen LogP contribution in [0.4, 0.5) is 18.9 Å². The molecule has 1 atom stereocenters. The predicted octanol–water partition coefficient (Wildman–Crippen LogP) is 2.14. The van der Waals surface area contributed by atoms with Gasteiger partial charge < -0.3 is 21.3 Å². The average molecular weight is 359 g/mol. The highest BCUT2D eigenvalue weighted by Gasteiger charge is 2.36. The van der Waals surface area contributed by atoms with E-state index in [0.29, 0.717) is 6.07 Å². The Morgan fingerprint density at radius 3 is 2.59 bits per heavy atom. The number of ether oxygens (including phenoxy) is 1. The normalized spacial score (nSPS) is 13.2. The van der Waals surface area contributed by atoms with Gasteiger partial charge >= 0.3 is 6.18 Å². The van der Waals surface area contributed by atoms with Gasteiger partial charge in [0.2, 0.25) is 0 Å². The lowest BCUT2D eigenvalue weighted by Crippen LogP contribution is -2.19. The molecule has 0 unspecified atom stereocenters. The molecule has 5 N–H and O–H groups in total. The minimum absolute atomic E-state index is 0.00778. The Morgan fingerprint density at radius 1 is 1.55 bits per heavy atom. The molecule has 0 saturated carbocycles. The number of nitrogens with two attached hydrogens (primary N) is 2. The Morgan fingerprint density at radius 2 is 2.14 bits per heavy atom. The fourth-order valence-electron chi connectivity index (χ4n) is 1.62. The van der Waals surface area contributed by atoms with Crippen LogP contribution in [0.3, 0.4) is 0 Å². The fourth-order valence-corrected chi connectivity index (χ4v) is 3.00. The minimum atomic E-state index is -4.77. The van der Waals surface area contributed by atoms with Gasteiger partial charge in [-0.1, -0.05) is 11.6 Å². The van der Waals surface area contributed by atoms with Crippen molar-refractivity contribution in [1.29, 1.82) is 0 Å². The first-order chi connectivity index (χ1) is 10.1. The molecular formula is C12H14ClF3N2O3S. The number of benzene rings is 1. The molecule has 1 rings (SSSR count). The SMILES string of the molecule is COC[C@@H](O)CSc1c(N)c(C(N)=O)cc(C(F)(F)F)c1Cl. The van der Waals surface area contributed by atoms with Gasteiger partial charge in [-0.2, -0.15) is 13.2 Å². The number of alkyl halides is 3. The van der Waals surface area contributed by atoms with Crippen molar-refractivity contribution in [3.8, 4) is 0 Å². The highest BCUT2D eigenvalue weighted by molar-refractivity contribution is 7.99. The van der Waals surface area contributed by atoms with Gasteiger partial charge in [0.05, 0.1) is 39.4 Å². The lowest BCUT2D eigenvalue weighted by molar-refractivity contribution is -0.137. The number of primary amides is 1. The van der Waals surface area contributed by atoms with E-state index < -0.39 is 34.3 Å². The van der Waals surface area contributed by atoms with Gasteiger partial charge in [-0.25, -0.2) is 0 Å². The monoisotopic (exact) mass is 358 g/mol. The summed E-state index contributed by atoms with van der Waals surface area (Å²) < 4.78 is 43.6. The summed E-state index contributed by atoms with van der Waals surface area (Å²) in [5, 5.41) is 8.92. The van der Waals surface area contributed by atoms with E-state index in [-0.39, 0.29) is 22.9 Å². The molecule has 0 spiro atoms. The molecule has 0 aliphatic rings. The van der Waals surface area contributed by atoms with Gasteiger partial charge in [-0.05, 0) is 6.07 Å². The number of amides is 1. The zero-order chi connectivity index (χ0) is 17.1. The number of aliphatic hydroxyl groups is 1. The van der Waals surface area contributed by atoms with Crippen molar-refractivity contribution in [1.82, 2.24) is 0 Å². The van der Waals surface area contributed by atoms with Crippen molar-refractivity contribution in [3.05, 3.63) is 22.2 Å². The van der Waals surface area contributed by atoms with Crippen LogP contribution in [0, 0.1) is 0 Å². The number of halogens is 4. The highest BCUT2D eigenvalue weighted by Crippen LogP contribution is 2.44. The summed E-state index contributed by atoms with van der Waals surface area (Å²) in [5.41, 5.74) is 8.78. The lowest BCUT2D eigenvalue weighted by Gasteiger charge is -2.17. The summed E-state index contributed by atoms with van der Waals surface area (Å²) in [6, 6.07) is 0.523. The number of nitrogen functional groups attached to an aromatic ring is 1. The first-order valence-corrected chi connectivity index (χ1v) is 7.24. The standard InChI is InChI=1S/C12H14ClF3N2O3S/c1-21-3-5(19)4-22-10-8(13)7(12(14,15)16)2-6(9(10)17)11(18)20/h2,5,19H,3-4,17H2,1H3,(H2,18,20)/t5-/m1/s1. The first-order valence-electron chi connectivity index (χ1n) is 5.88. The third-order valence-electron chi connectivity index (χ3n) is 2.61. The molecule has 5 nitrogen and oxygen atoms in total. The maximum Gasteiger partial charge on any atom is 0.417 e. The van der Waals surface area contributed by atoms with Gasteiger partial charge in [0.25, 0.3) is 5.91 Å². The summed E-state index contributed by atoms with van der Waals surface area (Å²) in [7, 11) is 1.37. The Kier molecular flexibility index (Phi) is 6.36. The second kappa shape index (κ2) is 7.40. The highest BCUT2D eigenvalue weighted by atomic mass is 35.5. The van der Waals surface area contributed by atoms with Crippen LogP contribution in [0.2, 0.25) is 5.02 Å². The van der Waals surface area contributed by atoms with Crippen molar-refractivity contribution in [3.63, 3.8) is 0 Å². The summed E-state index contributed by atoms with van der Waals surface area (Å²) in [4.78, 5) is 11.1. The fraction of sp³-hybridized carbons (Fsp3) is 0.417. The van der Waals surface area contributed by atoms with Crippen LogP contribution >= 0.6 is 23.4 Å². The van der Waals surface area contributed by atoms with Gasteiger partial charge in [0, 0.05) is 12.9 Å². The van der Waals surface area contributed by atoms with Crippen LogP contribution in [0.1, 0.15) is 15.9 Å². The third kappa shape index (κ3) is 4.42. The molecule has 0 aromatic heterocycles. The zero-order valence-electron chi connectivity index (χ0n) is 11.4. The van der Waals surface area contributed by atoms with E-state index in [1.54, 1.807) is 0 Å². The second-order valence-corrected chi connectivity index (χ2v) is 5.72. The molecule has 124 valence electrons. The molecule has 1 aromatic rings. The van der Waals surface area contributed by atoms with Crippen molar-refractivity contribution >= 4 is 35.0 Å². The molecule has 22 heavy (non-hydrogen) atoms. The predicted molar refractivity (Wildman–Crippen MR) is 78.0 cm³/mol. The largest absolute Gasteiger partial charge is 0.417 e. The number of hydrogen-bond donors (Lipinski definition) is 3. The maximum atomic E-state index is 13.0. The zero-order valence-corrected chi connectivity index (χ0v) is 13.0. The molecule has 0 bridgehead atoms. The molecular weight excluding hydrogens is 345 g/mol. The van der Waals surface area contributed by atoms with E-state index in [1.807, 2.05) is 0 Å². The topological polar surface area (TPSA) is 98.6 Å². The Bertz CT molecular complexity index is 570. The van der Waals surface area contributed by atoms with Crippen LogP contribution < -0.4 is 11.5 Å². The van der Waals surface area contributed by atoms with E-state index >= 15 is 0 Å². The summed E-state index contributed by atoms with van der Waals surface area (Å²) >= 11 is 6.54. The third-order valence-corrected chi connectivity index (χ3v) is 4.38. The van der Waals surface area contributed by atoms with E-state index in [4.69, 9.17) is 27.8 Å². The molecule has 0 radical (unpaired) electrons.